The third-order valence-corrected chi connectivity index (χ3v) is 8.16. The molecule has 0 saturated heterocycles. The second kappa shape index (κ2) is 14.2. The maximum atomic E-state index is 13.6. The van der Waals surface area contributed by atoms with Gasteiger partial charge in [0, 0.05) is 49.7 Å². The Morgan fingerprint density at radius 1 is 0.840 bits per heavy atom. The molecule has 0 heterocycles. The molecule has 0 aromatic heterocycles. The summed E-state index contributed by atoms with van der Waals surface area (Å²) in [6.07, 6.45) is 0. The van der Waals surface area contributed by atoms with Gasteiger partial charge in [0.1, 0.15) is 0 Å². The molecule has 0 aromatic carbocycles. The van der Waals surface area contributed by atoms with E-state index in [4.69, 9.17) is 56.0 Å². The smallest absolute Gasteiger partial charge is 0.346 e. The minimum Gasteiger partial charge on any atom is -0.395 e. The molecule has 1 N–H and O–H groups in total. The molecule has 0 atom stereocenters. The zero-order valence-corrected chi connectivity index (χ0v) is 18.6. The van der Waals surface area contributed by atoms with Crippen molar-refractivity contribution in [2.75, 3.05) is 74.4 Å². The highest BCUT2D eigenvalue weighted by Crippen LogP contribution is 2.54. The summed E-state index contributed by atoms with van der Waals surface area (Å²) in [7, 11) is -7.10. The molecule has 0 aliphatic rings. The lowest BCUT2D eigenvalue weighted by Gasteiger charge is -2.37. The van der Waals surface area contributed by atoms with Gasteiger partial charge in [0.05, 0.1) is 24.7 Å². The fourth-order valence-corrected chi connectivity index (χ4v) is 6.64. The molecule has 0 aliphatic carbocycles. The molecular weight excluding hydrogens is 457 g/mol. The summed E-state index contributed by atoms with van der Waals surface area (Å²) in [5.74, 6) is 0.0557. The van der Waals surface area contributed by atoms with Gasteiger partial charge in [-0.2, -0.15) is 0 Å². The number of hydrogen-bond acceptors (Lipinski definition) is 5. The Hall–Kier alpha value is 1.18. The van der Waals surface area contributed by atoms with E-state index in [0.29, 0.717) is 0 Å². The van der Waals surface area contributed by atoms with E-state index in [-0.39, 0.29) is 67.8 Å². The summed E-state index contributed by atoms with van der Waals surface area (Å²) in [5, 5.41) is 8.77. The van der Waals surface area contributed by atoms with Crippen molar-refractivity contribution < 1.29 is 22.6 Å². The maximum Gasteiger partial charge on any atom is 0.346 e. The van der Waals surface area contributed by atoms with Crippen LogP contribution < -0.4 is 0 Å². The molecule has 0 rings (SSSR count). The molecular formula is C12H25Cl4N2O5PS. The van der Waals surface area contributed by atoms with Crippen molar-refractivity contribution >= 4 is 63.9 Å². The van der Waals surface area contributed by atoms with Crippen molar-refractivity contribution in [2.45, 2.75) is 0 Å². The van der Waals surface area contributed by atoms with E-state index < -0.39 is 24.1 Å². The number of rotatable bonds is 16. The van der Waals surface area contributed by atoms with Crippen LogP contribution >= 0.6 is 54.1 Å². The first-order valence-corrected chi connectivity index (χ1v) is 13.1. The number of nitrogens with zero attached hydrogens (tertiary/aromatic N) is 2. The predicted molar refractivity (Wildman–Crippen MR) is 105 cm³/mol. The normalized spacial score (nSPS) is 13.1. The van der Waals surface area contributed by atoms with Gasteiger partial charge in [0.2, 0.25) is 0 Å². The monoisotopic (exact) mass is 480 g/mol. The Morgan fingerprint density at radius 3 is 1.56 bits per heavy atom. The van der Waals surface area contributed by atoms with Crippen molar-refractivity contribution in [1.29, 1.82) is 0 Å². The average molecular weight is 482 g/mol. The predicted octanol–water partition coefficient (Wildman–Crippen LogP) is 2.08. The zero-order chi connectivity index (χ0) is 19.3. The van der Waals surface area contributed by atoms with Crippen molar-refractivity contribution in [3.63, 3.8) is 0 Å². The molecule has 0 bridgehead atoms. The fraction of sp³-hybridized carbons (Fsp3) is 1.00. The molecule has 152 valence electrons. The van der Waals surface area contributed by atoms with Gasteiger partial charge in [0.15, 0.2) is 9.84 Å². The van der Waals surface area contributed by atoms with Crippen LogP contribution in [0.1, 0.15) is 0 Å². The van der Waals surface area contributed by atoms with Gasteiger partial charge in [-0.1, -0.05) is 0 Å². The van der Waals surface area contributed by atoms with Gasteiger partial charge in [-0.3, -0.25) is 4.57 Å². The van der Waals surface area contributed by atoms with Gasteiger partial charge in [-0.25, -0.2) is 17.8 Å². The minimum absolute atomic E-state index is 0.197. The lowest BCUT2D eigenvalue weighted by molar-refractivity contribution is 0.226. The van der Waals surface area contributed by atoms with Crippen LogP contribution in [0.3, 0.4) is 0 Å². The average Bonchev–Trinajstić information content (AvgIpc) is 2.54. The summed E-state index contributed by atoms with van der Waals surface area (Å²) < 4.78 is 45.6. The van der Waals surface area contributed by atoms with Crippen LogP contribution in [-0.2, 0) is 18.9 Å². The van der Waals surface area contributed by atoms with Crippen LogP contribution in [0, 0.1) is 0 Å². The van der Waals surface area contributed by atoms with Crippen molar-refractivity contribution in [3.8, 4) is 0 Å². The van der Waals surface area contributed by atoms with E-state index in [0.717, 1.165) is 0 Å². The second-order valence-corrected chi connectivity index (χ2v) is 11.0. The SMILES string of the molecule is O=P(OCCS(=O)(=O)CCO)(N(CCCl)CCCl)N(CCCl)CCCl. The van der Waals surface area contributed by atoms with Gasteiger partial charge < -0.3 is 9.63 Å². The third-order valence-electron chi connectivity index (χ3n) is 3.14. The lowest BCUT2D eigenvalue weighted by atomic mass is 10.6. The summed E-state index contributed by atoms with van der Waals surface area (Å²) in [4.78, 5) is 0. The quantitative estimate of drug-likeness (QED) is 0.266. The first kappa shape index (κ1) is 26.2. The van der Waals surface area contributed by atoms with E-state index in [1.54, 1.807) is 0 Å². The van der Waals surface area contributed by atoms with Gasteiger partial charge >= 0.3 is 7.67 Å². The Kier molecular flexibility index (Phi) is 14.9. The van der Waals surface area contributed by atoms with Crippen LogP contribution in [0.15, 0.2) is 0 Å². The van der Waals surface area contributed by atoms with E-state index >= 15 is 0 Å². The molecule has 0 amide bonds. The highest BCUT2D eigenvalue weighted by Gasteiger charge is 2.38. The van der Waals surface area contributed by atoms with E-state index in [9.17, 15) is 13.0 Å². The Morgan fingerprint density at radius 2 is 1.24 bits per heavy atom. The van der Waals surface area contributed by atoms with E-state index in [2.05, 4.69) is 0 Å². The maximum absolute atomic E-state index is 13.6. The standard InChI is InChI=1S/C12H25Cl4N2O5PS/c13-1-5-17(6-2-14)24(20,18(7-3-15)8-4-16)23-10-12-25(21,22)11-9-19/h19H,1-12H2. The summed E-state index contributed by atoms with van der Waals surface area (Å²) in [5.41, 5.74) is 0. The molecule has 0 aliphatic heterocycles. The number of halogens is 4. The molecule has 0 aromatic rings. The van der Waals surface area contributed by atoms with Crippen LogP contribution in [-0.4, -0.2) is 97.3 Å². The van der Waals surface area contributed by atoms with Crippen molar-refractivity contribution in [2.24, 2.45) is 0 Å². The van der Waals surface area contributed by atoms with Crippen LogP contribution in [0.5, 0.6) is 0 Å². The fourth-order valence-electron chi connectivity index (χ4n) is 1.99. The molecule has 0 saturated carbocycles. The van der Waals surface area contributed by atoms with Crippen molar-refractivity contribution in [3.05, 3.63) is 0 Å². The number of sulfone groups is 1. The highest BCUT2D eigenvalue weighted by molar-refractivity contribution is 7.91. The number of aliphatic hydroxyl groups excluding tert-OH is 1. The number of aliphatic hydroxyl groups is 1. The largest absolute Gasteiger partial charge is 0.395 e. The Labute approximate surface area is 170 Å². The van der Waals surface area contributed by atoms with Crippen LogP contribution in [0.25, 0.3) is 0 Å². The van der Waals surface area contributed by atoms with Gasteiger partial charge in [-0.05, 0) is 0 Å². The van der Waals surface area contributed by atoms with Crippen LogP contribution in [0.2, 0.25) is 0 Å². The van der Waals surface area contributed by atoms with E-state index in [1.807, 2.05) is 0 Å². The van der Waals surface area contributed by atoms with Crippen molar-refractivity contribution in [1.82, 2.24) is 9.34 Å². The second-order valence-electron chi connectivity index (χ2n) is 4.86. The summed E-state index contributed by atoms with van der Waals surface area (Å²) in [6.45, 7) is 0.217. The number of alkyl halides is 4. The van der Waals surface area contributed by atoms with Gasteiger partial charge in [-0.15, -0.1) is 46.4 Å². The molecule has 25 heavy (non-hydrogen) atoms. The molecule has 0 unspecified atom stereocenters. The zero-order valence-electron chi connectivity index (χ0n) is 13.8. The lowest BCUT2D eigenvalue weighted by Crippen LogP contribution is -2.38. The molecule has 0 spiro atoms. The third kappa shape index (κ3) is 9.79. The highest BCUT2D eigenvalue weighted by atomic mass is 35.5. The summed E-state index contributed by atoms with van der Waals surface area (Å²) >= 11 is 23.2. The summed E-state index contributed by atoms with van der Waals surface area (Å²) in [6, 6.07) is 0. The molecule has 0 radical (unpaired) electrons. The molecule has 13 heteroatoms. The van der Waals surface area contributed by atoms with E-state index in [1.165, 1.54) is 9.34 Å². The molecule has 0 fully saturated rings. The first-order valence-electron chi connectivity index (χ1n) is 7.61. The molecule has 7 nitrogen and oxygen atoms in total. The Bertz CT molecular complexity index is 468. The van der Waals surface area contributed by atoms with Crippen LogP contribution in [0.4, 0.5) is 0 Å². The number of hydrogen-bond donors (Lipinski definition) is 1. The minimum atomic E-state index is -3.61. The topological polar surface area (TPSA) is 87.1 Å². The van der Waals surface area contributed by atoms with Gasteiger partial charge in [0.25, 0.3) is 0 Å². The first-order chi connectivity index (χ1) is 11.8. The Balaban J connectivity index is 5.37.